The molecular weight excluding hydrogens is 244 g/mol. The Balaban J connectivity index is 3.29. The first-order chi connectivity index (χ1) is 8.01. The first-order valence-electron chi connectivity index (χ1n) is 5.18. The lowest BCUT2D eigenvalue weighted by molar-refractivity contribution is -0.381. The molecule has 1 N–H and O–H groups in total. The number of urea groups is 1. The fraction of sp³-hybridized carbons (Fsp3) is 0.556. The minimum Gasteiger partial charge on any atom is -0.336 e. The van der Waals surface area contributed by atoms with Crippen molar-refractivity contribution in [2.45, 2.75) is 27.3 Å². The molecule has 1 aromatic rings. The quantitative estimate of drug-likeness (QED) is 0.656. The summed E-state index contributed by atoms with van der Waals surface area (Å²) in [5.41, 5.74) is 0.519. The van der Waals surface area contributed by atoms with Crippen molar-refractivity contribution in [3.05, 3.63) is 20.6 Å². The highest BCUT2D eigenvalue weighted by molar-refractivity contribution is 7.12. The molecule has 0 saturated heterocycles. The number of nitrogens with zero attached hydrogens (tertiary/aromatic N) is 3. The van der Waals surface area contributed by atoms with Crippen LogP contribution in [0.25, 0.3) is 0 Å². The second kappa shape index (κ2) is 5.58. The topological polar surface area (TPSA) is 89.5 Å². The second-order valence-electron chi connectivity index (χ2n) is 3.22. The zero-order chi connectivity index (χ0) is 13.0. The van der Waals surface area contributed by atoms with E-state index in [0.717, 1.165) is 11.3 Å². The van der Waals surface area contributed by atoms with Crippen LogP contribution in [-0.4, -0.2) is 22.1 Å². The number of rotatable bonds is 3. The Bertz CT molecular complexity index is 503. The molecule has 1 rings (SSSR count). The van der Waals surface area contributed by atoms with E-state index in [1.807, 2.05) is 6.92 Å². The molecule has 17 heavy (non-hydrogen) atoms. The van der Waals surface area contributed by atoms with E-state index in [9.17, 15) is 14.9 Å². The van der Waals surface area contributed by atoms with Crippen molar-refractivity contribution in [1.29, 1.82) is 0 Å². The van der Waals surface area contributed by atoms with Gasteiger partial charge >= 0.3 is 11.0 Å². The Kier molecular flexibility index (Phi) is 4.38. The maximum absolute atomic E-state index is 11.3. The molecule has 0 aliphatic heterocycles. The van der Waals surface area contributed by atoms with Crippen LogP contribution in [0.15, 0.2) is 4.99 Å². The summed E-state index contributed by atoms with van der Waals surface area (Å²) in [6, 6.07) is -0.481. The van der Waals surface area contributed by atoms with Crippen molar-refractivity contribution < 1.29 is 9.72 Å². The fourth-order valence-corrected chi connectivity index (χ4v) is 2.39. The molecule has 0 spiro atoms. The largest absolute Gasteiger partial charge is 0.346 e. The summed E-state index contributed by atoms with van der Waals surface area (Å²) >= 11 is 0.909. The fourth-order valence-electron chi connectivity index (χ4n) is 1.38. The van der Waals surface area contributed by atoms with Crippen LogP contribution in [0.3, 0.4) is 0 Å². The number of amides is 2. The lowest BCUT2D eigenvalue weighted by atomic mass is 10.5. The van der Waals surface area contributed by atoms with Gasteiger partial charge in [-0.25, -0.2) is 4.79 Å². The molecule has 1 aromatic heterocycles. The molecule has 0 atom stereocenters. The third-order valence-corrected chi connectivity index (χ3v) is 3.27. The van der Waals surface area contributed by atoms with E-state index in [2.05, 4.69) is 10.3 Å². The van der Waals surface area contributed by atoms with Crippen LogP contribution in [0.1, 0.15) is 19.5 Å². The third-order valence-electron chi connectivity index (χ3n) is 2.14. The molecule has 8 heteroatoms. The van der Waals surface area contributed by atoms with Gasteiger partial charge in [0.05, 0.1) is 4.92 Å². The van der Waals surface area contributed by atoms with E-state index < -0.39 is 11.0 Å². The molecule has 7 nitrogen and oxygen atoms in total. The van der Waals surface area contributed by atoms with Crippen molar-refractivity contribution in [2.24, 2.45) is 4.99 Å². The molecule has 0 fully saturated rings. The van der Waals surface area contributed by atoms with Gasteiger partial charge in [-0.05, 0) is 32.1 Å². The minimum absolute atomic E-state index is 0.0231. The molecule has 0 bridgehead atoms. The molecule has 0 aliphatic carbocycles. The minimum atomic E-state index is -0.481. The van der Waals surface area contributed by atoms with Crippen LogP contribution in [0, 0.1) is 17.0 Å². The maximum Gasteiger partial charge on any atom is 0.346 e. The standard InChI is InChI=1S/C9H14N4O3S/c1-4-10-8(14)11-9-12(5-2)6(3)7(17-9)13(15)16/h4-5H2,1-3H3,(H,10,14). The van der Waals surface area contributed by atoms with Crippen LogP contribution >= 0.6 is 11.3 Å². The summed E-state index contributed by atoms with van der Waals surface area (Å²) in [5, 5.41) is 13.3. The molecule has 94 valence electrons. The number of carbonyl (C=O) groups excluding carboxylic acids is 1. The van der Waals surface area contributed by atoms with Crippen molar-refractivity contribution in [3.8, 4) is 0 Å². The average molecular weight is 258 g/mol. The van der Waals surface area contributed by atoms with Crippen LogP contribution in [-0.2, 0) is 6.54 Å². The van der Waals surface area contributed by atoms with Crippen molar-refractivity contribution in [3.63, 3.8) is 0 Å². The number of nitro groups is 1. The smallest absolute Gasteiger partial charge is 0.336 e. The Morgan fingerprint density at radius 2 is 2.24 bits per heavy atom. The number of carbonyl (C=O) groups is 1. The first kappa shape index (κ1) is 13.4. The predicted molar refractivity (Wildman–Crippen MR) is 64.0 cm³/mol. The Labute approximate surface area is 102 Å². The van der Waals surface area contributed by atoms with E-state index in [0.29, 0.717) is 23.6 Å². The Morgan fingerprint density at radius 3 is 2.71 bits per heavy atom. The summed E-state index contributed by atoms with van der Waals surface area (Å²) in [5.74, 6) is 0. The van der Waals surface area contributed by atoms with Gasteiger partial charge in [0.1, 0.15) is 5.69 Å². The number of aromatic nitrogens is 1. The molecule has 2 amide bonds. The van der Waals surface area contributed by atoms with E-state index >= 15 is 0 Å². The van der Waals surface area contributed by atoms with Gasteiger partial charge in [-0.3, -0.25) is 10.1 Å². The van der Waals surface area contributed by atoms with Crippen LogP contribution < -0.4 is 10.1 Å². The van der Waals surface area contributed by atoms with Gasteiger partial charge in [-0.2, -0.15) is 4.99 Å². The lowest BCUT2D eigenvalue weighted by Gasteiger charge is -1.99. The summed E-state index contributed by atoms with van der Waals surface area (Å²) in [6.07, 6.45) is 0. The lowest BCUT2D eigenvalue weighted by Crippen LogP contribution is -2.24. The van der Waals surface area contributed by atoms with Crippen molar-refractivity contribution in [1.82, 2.24) is 9.88 Å². The summed E-state index contributed by atoms with van der Waals surface area (Å²) in [6.45, 7) is 6.29. The molecule has 0 radical (unpaired) electrons. The summed E-state index contributed by atoms with van der Waals surface area (Å²) in [4.78, 5) is 25.8. The monoisotopic (exact) mass is 258 g/mol. The SMILES string of the molecule is CCNC(=O)N=c1sc([N+](=O)[O-])c(C)n1CC. The van der Waals surface area contributed by atoms with Crippen LogP contribution in [0.5, 0.6) is 0 Å². The predicted octanol–water partition coefficient (Wildman–Crippen LogP) is 1.42. The van der Waals surface area contributed by atoms with E-state index in [1.165, 1.54) is 0 Å². The van der Waals surface area contributed by atoms with E-state index in [-0.39, 0.29) is 5.00 Å². The highest BCUT2D eigenvalue weighted by Crippen LogP contribution is 2.20. The molecular formula is C9H14N4O3S. The van der Waals surface area contributed by atoms with Gasteiger partial charge in [0.25, 0.3) is 0 Å². The van der Waals surface area contributed by atoms with Gasteiger partial charge in [-0.15, -0.1) is 0 Å². The molecule has 0 aromatic carbocycles. The van der Waals surface area contributed by atoms with E-state index in [4.69, 9.17) is 0 Å². The average Bonchev–Trinajstić information content (AvgIpc) is 2.55. The number of hydrogen-bond acceptors (Lipinski definition) is 4. The van der Waals surface area contributed by atoms with Gasteiger partial charge in [0, 0.05) is 13.1 Å². The number of thiazole rings is 1. The second-order valence-corrected chi connectivity index (χ2v) is 4.18. The molecule has 0 unspecified atom stereocenters. The summed E-state index contributed by atoms with van der Waals surface area (Å²) in [7, 11) is 0. The zero-order valence-corrected chi connectivity index (χ0v) is 10.7. The van der Waals surface area contributed by atoms with Gasteiger partial charge in [-0.1, -0.05) is 0 Å². The van der Waals surface area contributed by atoms with Crippen LogP contribution in [0.2, 0.25) is 0 Å². The van der Waals surface area contributed by atoms with Crippen molar-refractivity contribution >= 4 is 22.4 Å². The molecule has 0 aliphatic rings. The Hall–Kier alpha value is -1.70. The third kappa shape index (κ3) is 2.90. The maximum atomic E-state index is 11.3. The van der Waals surface area contributed by atoms with E-state index in [1.54, 1.807) is 18.4 Å². The van der Waals surface area contributed by atoms with Gasteiger partial charge in [0.15, 0.2) is 0 Å². The van der Waals surface area contributed by atoms with Crippen LogP contribution in [0.4, 0.5) is 9.80 Å². The number of hydrogen-bond donors (Lipinski definition) is 1. The zero-order valence-electron chi connectivity index (χ0n) is 9.89. The Morgan fingerprint density at radius 1 is 1.59 bits per heavy atom. The summed E-state index contributed by atoms with van der Waals surface area (Å²) < 4.78 is 1.65. The highest BCUT2D eigenvalue weighted by atomic mass is 32.1. The molecule has 0 saturated carbocycles. The normalized spacial score (nSPS) is 11.6. The number of nitrogens with one attached hydrogen (secondary N) is 1. The highest BCUT2D eigenvalue weighted by Gasteiger charge is 2.18. The van der Waals surface area contributed by atoms with Gasteiger partial charge < -0.3 is 9.88 Å². The first-order valence-corrected chi connectivity index (χ1v) is 6.00. The molecule has 1 heterocycles. The van der Waals surface area contributed by atoms with Gasteiger partial charge in [0.2, 0.25) is 4.80 Å². The van der Waals surface area contributed by atoms with Crippen molar-refractivity contribution in [2.75, 3.05) is 6.54 Å².